The van der Waals surface area contributed by atoms with Gasteiger partial charge in [-0.15, -0.1) is 0 Å². The molecule has 2 atom stereocenters. The highest BCUT2D eigenvalue weighted by molar-refractivity contribution is 5.85. The van der Waals surface area contributed by atoms with Crippen LogP contribution in [0.15, 0.2) is 0 Å². The number of carboxylic acids is 1. The second-order valence-electron chi connectivity index (χ2n) is 5.24. The van der Waals surface area contributed by atoms with Crippen molar-refractivity contribution in [1.82, 2.24) is 10.2 Å². The van der Waals surface area contributed by atoms with Gasteiger partial charge in [0.15, 0.2) is 0 Å². The molecular formula is C14H24N2O4. The van der Waals surface area contributed by atoms with Gasteiger partial charge in [0, 0.05) is 19.5 Å². The van der Waals surface area contributed by atoms with Gasteiger partial charge in [-0.05, 0) is 25.7 Å². The number of aliphatic carboxylic acids is 1. The molecule has 0 aromatic heterocycles. The zero-order chi connectivity index (χ0) is 15.1. The maximum atomic E-state index is 12.1. The highest BCUT2D eigenvalue weighted by atomic mass is 16.4. The fraction of sp³-hybridized carbons (Fsp3) is 0.786. The van der Waals surface area contributed by atoms with E-state index < -0.39 is 12.0 Å². The fourth-order valence-electron chi connectivity index (χ4n) is 2.42. The van der Waals surface area contributed by atoms with Gasteiger partial charge in [0.1, 0.15) is 6.04 Å². The number of nitrogens with zero attached hydrogens (tertiary/aromatic N) is 1. The van der Waals surface area contributed by atoms with Gasteiger partial charge in [0.25, 0.3) is 0 Å². The first kappa shape index (κ1) is 16.5. The molecule has 1 aliphatic rings. The largest absolute Gasteiger partial charge is 0.480 e. The molecule has 2 unspecified atom stereocenters. The molecule has 0 spiro atoms. The lowest BCUT2D eigenvalue weighted by Crippen LogP contribution is -2.49. The first-order valence-corrected chi connectivity index (χ1v) is 7.30. The molecule has 1 heterocycles. The van der Waals surface area contributed by atoms with E-state index in [1.165, 1.54) is 0 Å². The van der Waals surface area contributed by atoms with E-state index in [9.17, 15) is 14.4 Å². The van der Waals surface area contributed by atoms with Crippen molar-refractivity contribution >= 4 is 17.8 Å². The predicted molar refractivity (Wildman–Crippen MR) is 74.1 cm³/mol. The summed E-state index contributed by atoms with van der Waals surface area (Å²) in [6.45, 7) is 4.77. The molecule has 0 radical (unpaired) electrons. The monoisotopic (exact) mass is 284 g/mol. The third-order valence-electron chi connectivity index (χ3n) is 3.63. The van der Waals surface area contributed by atoms with Gasteiger partial charge in [-0.3, -0.25) is 9.59 Å². The normalized spacial score (nSPS) is 20.3. The minimum Gasteiger partial charge on any atom is -0.480 e. The predicted octanol–water partition coefficient (Wildman–Crippen LogP) is 1.00. The summed E-state index contributed by atoms with van der Waals surface area (Å²) in [7, 11) is 0. The quantitative estimate of drug-likeness (QED) is 0.762. The average molecular weight is 284 g/mol. The van der Waals surface area contributed by atoms with E-state index in [2.05, 4.69) is 5.32 Å². The van der Waals surface area contributed by atoms with Crippen LogP contribution in [0.25, 0.3) is 0 Å². The molecule has 20 heavy (non-hydrogen) atoms. The molecule has 6 nitrogen and oxygen atoms in total. The SMILES string of the molecule is CCCC(=O)N1CCCC(C(=O)NC(CC)C(=O)O)C1. The second-order valence-corrected chi connectivity index (χ2v) is 5.24. The Kier molecular flexibility index (Phi) is 6.48. The van der Waals surface area contributed by atoms with Gasteiger partial charge in [-0.25, -0.2) is 4.79 Å². The molecule has 2 N–H and O–H groups in total. The molecule has 6 heteroatoms. The topological polar surface area (TPSA) is 86.7 Å². The third-order valence-corrected chi connectivity index (χ3v) is 3.63. The Bertz CT molecular complexity index is 370. The zero-order valence-electron chi connectivity index (χ0n) is 12.2. The molecule has 1 saturated heterocycles. The summed E-state index contributed by atoms with van der Waals surface area (Å²) in [5, 5.41) is 11.5. The molecule has 1 aliphatic heterocycles. The van der Waals surface area contributed by atoms with E-state index >= 15 is 0 Å². The molecular weight excluding hydrogens is 260 g/mol. The maximum Gasteiger partial charge on any atom is 0.326 e. The smallest absolute Gasteiger partial charge is 0.326 e. The molecule has 114 valence electrons. The number of carbonyl (C=O) groups excluding carboxylic acids is 2. The lowest BCUT2D eigenvalue weighted by Gasteiger charge is -2.32. The minimum atomic E-state index is -1.02. The molecule has 1 fully saturated rings. The third kappa shape index (κ3) is 4.51. The van der Waals surface area contributed by atoms with Crippen molar-refractivity contribution < 1.29 is 19.5 Å². The van der Waals surface area contributed by atoms with Crippen molar-refractivity contribution in [2.45, 2.75) is 52.0 Å². The van der Waals surface area contributed by atoms with Crippen molar-refractivity contribution in [3.8, 4) is 0 Å². The van der Waals surface area contributed by atoms with Crippen LogP contribution < -0.4 is 5.32 Å². The highest BCUT2D eigenvalue weighted by Crippen LogP contribution is 2.18. The van der Waals surface area contributed by atoms with Crippen LogP contribution in [0.5, 0.6) is 0 Å². The van der Waals surface area contributed by atoms with Gasteiger partial charge >= 0.3 is 5.97 Å². The fourth-order valence-corrected chi connectivity index (χ4v) is 2.42. The number of nitrogens with one attached hydrogen (secondary N) is 1. The Hall–Kier alpha value is -1.59. The number of amides is 2. The van der Waals surface area contributed by atoms with Gasteiger partial charge in [0.05, 0.1) is 5.92 Å². The van der Waals surface area contributed by atoms with Crippen molar-refractivity contribution in [3.05, 3.63) is 0 Å². The van der Waals surface area contributed by atoms with Gasteiger partial charge in [0.2, 0.25) is 11.8 Å². The molecule has 0 aromatic rings. The van der Waals surface area contributed by atoms with Crippen LogP contribution >= 0.6 is 0 Å². The molecule has 0 saturated carbocycles. The van der Waals surface area contributed by atoms with Crippen LogP contribution in [0, 0.1) is 5.92 Å². The van der Waals surface area contributed by atoms with E-state index in [-0.39, 0.29) is 17.7 Å². The second kappa shape index (κ2) is 7.87. The molecule has 2 amide bonds. The average Bonchev–Trinajstić information content (AvgIpc) is 2.44. The van der Waals surface area contributed by atoms with Gasteiger partial charge in [-0.2, -0.15) is 0 Å². The number of piperidine rings is 1. The van der Waals surface area contributed by atoms with Gasteiger partial charge in [-0.1, -0.05) is 13.8 Å². The Morgan fingerprint density at radius 2 is 2.05 bits per heavy atom. The van der Waals surface area contributed by atoms with Crippen LogP contribution in [0.1, 0.15) is 46.0 Å². The summed E-state index contributed by atoms with van der Waals surface area (Å²) >= 11 is 0. The molecule has 1 rings (SSSR count). The Labute approximate surface area is 119 Å². The zero-order valence-corrected chi connectivity index (χ0v) is 12.2. The van der Waals surface area contributed by atoms with E-state index in [0.29, 0.717) is 32.4 Å². The van der Waals surface area contributed by atoms with Crippen molar-refractivity contribution in [2.24, 2.45) is 5.92 Å². The van der Waals surface area contributed by atoms with Crippen LogP contribution in [0.4, 0.5) is 0 Å². The van der Waals surface area contributed by atoms with E-state index in [1.807, 2.05) is 6.92 Å². The number of likely N-dealkylation sites (tertiary alicyclic amines) is 1. The summed E-state index contributed by atoms with van der Waals surface area (Å²) in [6, 6.07) is -0.843. The minimum absolute atomic E-state index is 0.0790. The van der Waals surface area contributed by atoms with Crippen molar-refractivity contribution in [2.75, 3.05) is 13.1 Å². The number of carbonyl (C=O) groups is 3. The molecule has 0 aromatic carbocycles. The Morgan fingerprint density at radius 1 is 1.35 bits per heavy atom. The maximum absolute atomic E-state index is 12.1. The summed E-state index contributed by atoms with van der Waals surface area (Å²) < 4.78 is 0. The van der Waals surface area contributed by atoms with Crippen LogP contribution in [-0.4, -0.2) is 46.9 Å². The first-order chi connectivity index (χ1) is 9.49. The van der Waals surface area contributed by atoms with Crippen LogP contribution in [0.2, 0.25) is 0 Å². The van der Waals surface area contributed by atoms with Crippen molar-refractivity contribution in [1.29, 1.82) is 0 Å². The lowest BCUT2D eigenvalue weighted by molar-refractivity contribution is -0.143. The number of hydrogen-bond donors (Lipinski definition) is 2. The van der Waals surface area contributed by atoms with Crippen molar-refractivity contribution in [3.63, 3.8) is 0 Å². The number of hydrogen-bond acceptors (Lipinski definition) is 3. The summed E-state index contributed by atoms with van der Waals surface area (Å²) in [6.07, 6.45) is 3.14. The summed E-state index contributed by atoms with van der Waals surface area (Å²) in [5.74, 6) is -1.49. The molecule has 0 aliphatic carbocycles. The van der Waals surface area contributed by atoms with Gasteiger partial charge < -0.3 is 15.3 Å². The van der Waals surface area contributed by atoms with E-state index in [1.54, 1.807) is 11.8 Å². The number of rotatable bonds is 6. The summed E-state index contributed by atoms with van der Waals surface area (Å²) in [4.78, 5) is 36.6. The van der Waals surface area contributed by atoms with E-state index in [0.717, 1.165) is 12.8 Å². The summed E-state index contributed by atoms with van der Waals surface area (Å²) in [5.41, 5.74) is 0. The Balaban J connectivity index is 2.55. The number of carboxylic acid groups (broad SMARTS) is 1. The standard InChI is InChI=1S/C14H24N2O4/c1-3-6-12(17)16-8-5-7-10(9-16)13(18)15-11(4-2)14(19)20/h10-11H,3-9H2,1-2H3,(H,15,18)(H,19,20). The van der Waals surface area contributed by atoms with E-state index in [4.69, 9.17) is 5.11 Å². The Morgan fingerprint density at radius 3 is 2.60 bits per heavy atom. The lowest BCUT2D eigenvalue weighted by atomic mass is 9.96. The van der Waals surface area contributed by atoms with Crippen LogP contribution in [-0.2, 0) is 14.4 Å². The van der Waals surface area contributed by atoms with Crippen LogP contribution in [0.3, 0.4) is 0 Å². The first-order valence-electron chi connectivity index (χ1n) is 7.30. The highest BCUT2D eigenvalue weighted by Gasteiger charge is 2.30. The molecule has 0 bridgehead atoms.